The van der Waals surface area contributed by atoms with Crippen LogP contribution in [0.4, 0.5) is 0 Å². The first-order valence-electron chi connectivity index (χ1n) is 8.35. The summed E-state index contributed by atoms with van der Waals surface area (Å²) in [4.78, 5) is 34.8. The van der Waals surface area contributed by atoms with E-state index in [-0.39, 0.29) is 23.9 Å². The minimum absolute atomic E-state index is 0.0725. The summed E-state index contributed by atoms with van der Waals surface area (Å²) in [6, 6.07) is 7.60. The third-order valence-corrected chi connectivity index (χ3v) is 4.10. The number of primary amides is 1. The summed E-state index contributed by atoms with van der Waals surface area (Å²) in [5.74, 6) is -0.543. The molecule has 1 aromatic rings. The monoisotopic (exact) mass is 317 g/mol. The molecule has 1 amide bonds. The van der Waals surface area contributed by atoms with Gasteiger partial charge in [0.1, 0.15) is 5.78 Å². The zero-order chi connectivity index (χ0) is 17.2. The highest BCUT2D eigenvalue weighted by Crippen LogP contribution is 2.16. The van der Waals surface area contributed by atoms with Gasteiger partial charge in [0.15, 0.2) is 5.78 Å². The fourth-order valence-corrected chi connectivity index (χ4v) is 2.50. The van der Waals surface area contributed by atoms with Crippen LogP contribution in [0.3, 0.4) is 0 Å². The van der Waals surface area contributed by atoms with E-state index in [1.165, 1.54) is 0 Å². The van der Waals surface area contributed by atoms with Crippen LogP contribution in [0.5, 0.6) is 0 Å². The van der Waals surface area contributed by atoms with Crippen molar-refractivity contribution in [3.05, 3.63) is 35.4 Å². The van der Waals surface area contributed by atoms with E-state index < -0.39 is 5.91 Å². The normalized spacial score (nSPS) is 11.9. The van der Waals surface area contributed by atoms with Crippen molar-refractivity contribution in [1.82, 2.24) is 0 Å². The van der Waals surface area contributed by atoms with Crippen molar-refractivity contribution < 1.29 is 14.4 Å². The van der Waals surface area contributed by atoms with Gasteiger partial charge in [-0.15, -0.1) is 0 Å². The van der Waals surface area contributed by atoms with E-state index in [1.54, 1.807) is 6.92 Å². The van der Waals surface area contributed by atoms with Crippen LogP contribution in [-0.2, 0) is 9.59 Å². The van der Waals surface area contributed by atoms with Crippen LogP contribution in [0.15, 0.2) is 24.3 Å². The summed E-state index contributed by atoms with van der Waals surface area (Å²) in [5, 5.41) is 0. The Balaban J connectivity index is 2.28. The van der Waals surface area contributed by atoms with Crippen molar-refractivity contribution in [3.8, 4) is 0 Å². The van der Waals surface area contributed by atoms with Gasteiger partial charge in [0.2, 0.25) is 5.91 Å². The minimum Gasteiger partial charge on any atom is -0.369 e. The van der Waals surface area contributed by atoms with Gasteiger partial charge in [-0.2, -0.15) is 0 Å². The number of nitrogens with two attached hydrogens (primary N) is 1. The average molecular weight is 317 g/mol. The van der Waals surface area contributed by atoms with Gasteiger partial charge in [-0.05, 0) is 19.8 Å². The highest BCUT2D eigenvalue weighted by Gasteiger charge is 2.18. The van der Waals surface area contributed by atoms with Crippen LogP contribution in [0, 0.1) is 12.8 Å². The molecule has 0 aliphatic heterocycles. The standard InChI is InChI=1S/C19H27NO3/c1-3-17(21)13-16(19(20)23)7-5-4-6-8-18(22)15-11-9-14(2)10-12-15/h9-12,16H,3-8,13H2,1-2H3,(H2,20,23)/t16-/m1/s1. The molecule has 0 heterocycles. The van der Waals surface area contributed by atoms with Gasteiger partial charge < -0.3 is 5.73 Å². The molecule has 0 saturated heterocycles. The zero-order valence-electron chi connectivity index (χ0n) is 14.1. The van der Waals surface area contributed by atoms with Gasteiger partial charge in [0, 0.05) is 30.7 Å². The van der Waals surface area contributed by atoms with Crippen LogP contribution in [0.1, 0.15) is 67.8 Å². The number of hydrogen-bond donors (Lipinski definition) is 1. The van der Waals surface area contributed by atoms with Gasteiger partial charge in [-0.3, -0.25) is 14.4 Å². The summed E-state index contributed by atoms with van der Waals surface area (Å²) in [5.41, 5.74) is 7.23. The molecule has 0 spiro atoms. The number of carbonyl (C=O) groups is 3. The summed E-state index contributed by atoms with van der Waals surface area (Å²) >= 11 is 0. The molecule has 0 aliphatic carbocycles. The van der Waals surface area contributed by atoms with Gasteiger partial charge in [-0.25, -0.2) is 0 Å². The maximum atomic E-state index is 12.0. The number of unbranched alkanes of at least 4 members (excludes halogenated alkanes) is 2. The van der Waals surface area contributed by atoms with Crippen LogP contribution >= 0.6 is 0 Å². The van der Waals surface area contributed by atoms with E-state index in [9.17, 15) is 14.4 Å². The van der Waals surface area contributed by atoms with Gasteiger partial charge in [0.05, 0.1) is 0 Å². The maximum Gasteiger partial charge on any atom is 0.220 e. The topological polar surface area (TPSA) is 77.2 Å². The molecule has 4 heteroatoms. The number of benzene rings is 1. The number of rotatable bonds is 11. The molecular weight excluding hydrogens is 290 g/mol. The highest BCUT2D eigenvalue weighted by atomic mass is 16.1. The molecular formula is C19H27NO3. The summed E-state index contributed by atoms with van der Waals surface area (Å²) in [7, 11) is 0. The molecule has 126 valence electrons. The van der Waals surface area contributed by atoms with Crippen molar-refractivity contribution in [2.24, 2.45) is 11.7 Å². The Hall–Kier alpha value is -1.97. The van der Waals surface area contributed by atoms with E-state index in [0.29, 0.717) is 19.3 Å². The number of aryl methyl sites for hydroxylation is 1. The zero-order valence-corrected chi connectivity index (χ0v) is 14.1. The Labute approximate surface area is 138 Å². The smallest absolute Gasteiger partial charge is 0.220 e. The molecule has 0 fully saturated rings. The van der Waals surface area contributed by atoms with Crippen LogP contribution in [-0.4, -0.2) is 17.5 Å². The lowest BCUT2D eigenvalue weighted by Crippen LogP contribution is -2.25. The summed E-state index contributed by atoms with van der Waals surface area (Å²) in [6.07, 6.45) is 4.29. The molecule has 4 nitrogen and oxygen atoms in total. The van der Waals surface area contributed by atoms with Crippen molar-refractivity contribution >= 4 is 17.5 Å². The molecule has 0 unspecified atom stereocenters. The molecule has 23 heavy (non-hydrogen) atoms. The van der Waals surface area contributed by atoms with Crippen LogP contribution in [0.2, 0.25) is 0 Å². The van der Waals surface area contributed by atoms with Crippen LogP contribution in [0.25, 0.3) is 0 Å². The van der Waals surface area contributed by atoms with Crippen molar-refractivity contribution in [2.45, 2.75) is 58.8 Å². The molecule has 0 aliphatic rings. The quantitative estimate of drug-likeness (QED) is 0.500. The first-order chi connectivity index (χ1) is 10.9. The number of hydrogen-bond acceptors (Lipinski definition) is 3. The fourth-order valence-electron chi connectivity index (χ4n) is 2.50. The summed E-state index contributed by atoms with van der Waals surface area (Å²) in [6.45, 7) is 3.78. The molecule has 2 N–H and O–H groups in total. The number of carbonyl (C=O) groups excluding carboxylic acids is 3. The third-order valence-electron chi connectivity index (χ3n) is 4.10. The number of Topliss-reactive ketones (excluding diaryl/α,β-unsaturated/α-hetero) is 2. The number of ketones is 2. The fraction of sp³-hybridized carbons (Fsp3) is 0.526. The molecule has 1 atom stereocenters. The molecule has 0 aromatic heterocycles. The molecule has 0 radical (unpaired) electrons. The second kappa shape index (κ2) is 9.93. The first-order valence-corrected chi connectivity index (χ1v) is 8.35. The van der Waals surface area contributed by atoms with Gasteiger partial charge >= 0.3 is 0 Å². The highest BCUT2D eigenvalue weighted by molar-refractivity contribution is 5.96. The predicted molar refractivity (Wildman–Crippen MR) is 91.2 cm³/mol. The second-order valence-electron chi connectivity index (χ2n) is 6.08. The Bertz CT molecular complexity index is 534. The van der Waals surface area contributed by atoms with Gasteiger partial charge in [0.25, 0.3) is 0 Å². The Morgan fingerprint density at radius 3 is 2.26 bits per heavy atom. The van der Waals surface area contributed by atoms with Crippen molar-refractivity contribution in [3.63, 3.8) is 0 Å². The SMILES string of the molecule is CCC(=O)C[C@@H](CCCCCC(=O)c1ccc(C)cc1)C(N)=O. The number of amides is 1. The minimum atomic E-state index is -0.400. The molecule has 0 bridgehead atoms. The van der Waals surface area contributed by atoms with Gasteiger partial charge in [-0.1, -0.05) is 49.6 Å². The lowest BCUT2D eigenvalue weighted by Gasteiger charge is -2.11. The van der Waals surface area contributed by atoms with E-state index in [2.05, 4.69) is 0 Å². The predicted octanol–water partition coefficient (Wildman–Crippen LogP) is 3.60. The second-order valence-corrected chi connectivity index (χ2v) is 6.08. The van der Waals surface area contributed by atoms with E-state index in [1.807, 2.05) is 31.2 Å². The average Bonchev–Trinajstić information content (AvgIpc) is 2.53. The van der Waals surface area contributed by atoms with Crippen molar-refractivity contribution in [2.75, 3.05) is 0 Å². The maximum absolute atomic E-state index is 12.0. The lowest BCUT2D eigenvalue weighted by atomic mass is 9.93. The van der Waals surface area contributed by atoms with Crippen LogP contribution < -0.4 is 5.73 Å². The van der Waals surface area contributed by atoms with E-state index >= 15 is 0 Å². The largest absolute Gasteiger partial charge is 0.369 e. The summed E-state index contributed by atoms with van der Waals surface area (Å²) < 4.78 is 0. The third kappa shape index (κ3) is 7.22. The Morgan fingerprint density at radius 1 is 1.04 bits per heavy atom. The first kappa shape index (κ1) is 19.1. The molecule has 1 aromatic carbocycles. The Morgan fingerprint density at radius 2 is 1.70 bits per heavy atom. The van der Waals surface area contributed by atoms with Crippen molar-refractivity contribution in [1.29, 1.82) is 0 Å². The van der Waals surface area contributed by atoms with E-state index in [0.717, 1.165) is 30.4 Å². The lowest BCUT2D eigenvalue weighted by molar-refractivity contribution is -0.127. The molecule has 0 saturated carbocycles. The Kier molecular flexibility index (Phi) is 8.23. The molecule has 1 rings (SSSR count). The van der Waals surface area contributed by atoms with E-state index in [4.69, 9.17) is 5.73 Å².